The van der Waals surface area contributed by atoms with E-state index >= 15 is 0 Å². The van der Waals surface area contributed by atoms with E-state index in [0.717, 1.165) is 4.70 Å². The standard InChI is InChI=1S/C14H15ClN2O2S/c1-3-8(7-19-2)12(16)13(18)11-6-10-14(20-11)9(15)4-5-17-10/h4-6,8,16H,3,7H2,1-2H3/t8-/m1/s1. The van der Waals surface area contributed by atoms with E-state index in [-0.39, 0.29) is 17.4 Å². The highest BCUT2D eigenvalue weighted by molar-refractivity contribution is 7.22. The lowest BCUT2D eigenvalue weighted by Crippen LogP contribution is -2.25. The van der Waals surface area contributed by atoms with Crippen LogP contribution in [0.2, 0.25) is 5.02 Å². The lowest BCUT2D eigenvalue weighted by atomic mass is 9.97. The van der Waals surface area contributed by atoms with Crippen molar-refractivity contribution in [1.29, 1.82) is 5.41 Å². The molecule has 2 rings (SSSR count). The monoisotopic (exact) mass is 310 g/mol. The van der Waals surface area contributed by atoms with E-state index in [1.807, 2.05) is 6.92 Å². The minimum atomic E-state index is -0.270. The highest BCUT2D eigenvalue weighted by Gasteiger charge is 2.23. The Kier molecular flexibility index (Phi) is 4.86. The zero-order valence-corrected chi connectivity index (χ0v) is 12.8. The van der Waals surface area contributed by atoms with Gasteiger partial charge in [0.25, 0.3) is 0 Å². The fourth-order valence-electron chi connectivity index (χ4n) is 1.94. The summed E-state index contributed by atoms with van der Waals surface area (Å²) in [5.74, 6) is -0.450. The second kappa shape index (κ2) is 6.43. The maximum atomic E-state index is 12.4. The van der Waals surface area contributed by atoms with Crippen LogP contribution >= 0.6 is 22.9 Å². The van der Waals surface area contributed by atoms with Crippen molar-refractivity contribution in [2.24, 2.45) is 5.92 Å². The number of nitrogens with one attached hydrogen (secondary N) is 1. The molecule has 2 aromatic rings. The number of Topliss-reactive ketones (excluding diaryl/α,β-unsaturated/α-hetero) is 1. The molecule has 0 saturated heterocycles. The number of halogens is 1. The van der Waals surface area contributed by atoms with E-state index in [0.29, 0.717) is 28.4 Å². The van der Waals surface area contributed by atoms with Crippen molar-refractivity contribution in [3.05, 3.63) is 28.2 Å². The first kappa shape index (κ1) is 15.1. The summed E-state index contributed by atoms with van der Waals surface area (Å²) in [6.07, 6.45) is 2.30. The SMILES string of the molecule is CC[C@H](COC)C(=N)C(=O)c1cc2nccc(Cl)c2s1. The molecule has 0 aliphatic heterocycles. The molecule has 4 nitrogen and oxygen atoms in total. The number of carbonyl (C=O) groups is 1. The van der Waals surface area contributed by atoms with Gasteiger partial charge in [-0.05, 0) is 18.6 Å². The van der Waals surface area contributed by atoms with Gasteiger partial charge in [0.05, 0.1) is 32.4 Å². The molecule has 0 bridgehead atoms. The minimum absolute atomic E-state index is 0.0806. The largest absolute Gasteiger partial charge is 0.384 e. The molecule has 2 aromatic heterocycles. The van der Waals surface area contributed by atoms with E-state index in [1.165, 1.54) is 11.3 Å². The summed E-state index contributed by atoms with van der Waals surface area (Å²) < 4.78 is 5.84. The number of ketones is 1. The Labute approximate surface area is 126 Å². The zero-order chi connectivity index (χ0) is 14.7. The molecule has 0 spiro atoms. The topological polar surface area (TPSA) is 63.0 Å². The van der Waals surface area contributed by atoms with Crippen LogP contribution in [0.1, 0.15) is 23.0 Å². The van der Waals surface area contributed by atoms with Crippen LogP contribution in [0, 0.1) is 11.3 Å². The molecule has 2 heterocycles. The number of aromatic nitrogens is 1. The minimum Gasteiger partial charge on any atom is -0.384 e. The normalized spacial score (nSPS) is 12.6. The average Bonchev–Trinajstić information content (AvgIpc) is 2.88. The summed E-state index contributed by atoms with van der Waals surface area (Å²) in [6.45, 7) is 2.32. The molecule has 0 radical (unpaired) electrons. The van der Waals surface area contributed by atoms with Gasteiger partial charge < -0.3 is 10.1 Å². The molecule has 0 aromatic carbocycles. The third-order valence-corrected chi connectivity index (χ3v) is 4.68. The van der Waals surface area contributed by atoms with Crippen molar-refractivity contribution in [3.63, 3.8) is 0 Å². The van der Waals surface area contributed by atoms with Crippen molar-refractivity contribution < 1.29 is 9.53 Å². The van der Waals surface area contributed by atoms with Gasteiger partial charge in [0.2, 0.25) is 5.78 Å². The number of hydrogen-bond acceptors (Lipinski definition) is 5. The van der Waals surface area contributed by atoms with E-state index in [9.17, 15) is 4.79 Å². The first-order valence-corrected chi connectivity index (χ1v) is 7.44. The third kappa shape index (κ3) is 2.90. The predicted octanol–water partition coefficient (Wildman–Crippen LogP) is 3.82. The Bertz CT molecular complexity index is 654. The van der Waals surface area contributed by atoms with Crippen molar-refractivity contribution in [3.8, 4) is 0 Å². The van der Waals surface area contributed by atoms with Crippen LogP contribution in [0.15, 0.2) is 18.3 Å². The second-order valence-corrected chi connectivity index (χ2v) is 5.88. The smallest absolute Gasteiger partial charge is 0.216 e. The number of fused-ring (bicyclic) bond motifs is 1. The number of carbonyl (C=O) groups excluding carboxylic acids is 1. The van der Waals surface area contributed by atoms with Crippen molar-refractivity contribution >= 4 is 44.6 Å². The highest BCUT2D eigenvalue weighted by atomic mass is 35.5. The van der Waals surface area contributed by atoms with Gasteiger partial charge >= 0.3 is 0 Å². The lowest BCUT2D eigenvalue weighted by molar-refractivity contribution is 0.105. The van der Waals surface area contributed by atoms with Crippen LogP contribution < -0.4 is 0 Å². The fraction of sp³-hybridized carbons (Fsp3) is 0.357. The second-order valence-electron chi connectivity index (χ2n) is 4.42. The molecule has 106 valence electrons. The van der Waals surface area contributed by atoms with Crippen LogP contribution in [0.3, 0.4) is 0 Å². The summed E-state index contributed by atoms with van der Waals surface area (Å²) in [5, 5.41) is 8.62. The van der Waals surface area contributed by atoms with Gasteiger partial charge in [0.15, 0.2) is 0 Å². The summed E-state index contributed by atoms with van der Waals surface area (Å²) in [7, 11) is 1.57. The molecular weight excluding hydrogens is 296 g/mol. The first-order valence-electron chi connectivity index (χ1n) is 6.24. The van der Waals surface area contributed by atoms with E-state index < -0.39 is 0 Å². The quantitative estimate of drug-likeness (QED) is 0.651. The van der Waals surface area contributed by atoms with Crippen LogP contribution in [0.4, 0.5) is 0 Å². The van der Waals surface area contributed by atoms with Crippen LogP contribution in [0.5, 0.6) is 0 Å². The maximum absolute atomic E-state index is 12.4. The Morgan fingerprint density at radius 3 is 2.95 bits per heavy atom. The first-order chi connectivity index (χ1) is 9.58. The number of rotatable bonds is 6. The van der Waals surface area contributed by atoms with Gasteiger partial charge in [-0.25, -0.2) is 0 Å². The molecule has 0 fully saturated rings. The van der Waals surface area contributed by atoms with Crippen molar-refractivity contribution in [2.45, 2.75) is 13.3 Å². The molecule has 0 aliphatic rings. The van der Waals surface area contributed by atoms with Gasteiger partial charge in [-0.15, -0.1) is 11.3 Å². The van der Waals surface area contributed by atoms with Gasteiger partial charge in [0, 0.05) is 19.2 Å². The van der Waals surface area contributed by atoms with Gasteiger partial charge in [-0.1, -0.05) is 18.5 Å². The maximum Gasteiger partial charge on any atom is 0.216 e. The summed E-state index contributed by atoms with van der Waals surface area (Å²) in [5.41, 5.74) is 0.774. The summed E-state index contributed by atoms with van der Waals surface area (Å²) >= 11 is 7.36. The molecule has 1 N–H and O–H groups in total. The van der Waals surface area contributed by atoms with Crippen molar-refractivity contribution in [2.75, 3.05) is 13.7 Å². The fourth-order valence-corrected chi connectivity index (χ4v) is 3.19. The number of ether oxygens (including phenoxy) is 1. The Morgan fingerprint density at radius 2 is 2.35 bits per heavy atom. The molecule has 0 aliphatic carbocycles. The highest BCUT2D eigenvalue weighted by Crippen LogP contribution is 2.31. The Balaban J connectivity index is 2.31. The Hall–Kier alpha value is -1.30. The van der Waals surface area contributed by atoms with Crippen LogP contribution in [-0.2, 0) is 4.74 Å². The van der Waals surface area contributed by atoms with E-state index in [1.54, 1.807) is 25.4 Å². The van der Waals surface area contributed by atoms with Crippen LogP contribution in [-0.4, -0.2) is 30.2 Å². The van der Waals surface area contributed by atoms with Gasteiger partial charge in [0.1, 0.15) is 0 Å². The summed E-state index contributed by atoms with van der Waals surface area (Å²) in [6, 6.07) is 3.39. The lowest BCUT2D eigenvalue weighted by Gasteiger charge is -2.13. The number of thiophene rings is 1. The predicted molar refractivity (Wildman–Crippen MR) is 82.3 cm³/mol. The third-order valence-electron chi connectivity index (χ3n) is 3.10. The Morgan fingerprint density at radius 1 is 1.60 bits per heavy atom. The van der Waals surface area contributed by atoms with Gasteiger partial charge in [-0.2, -0.15) is 0 Å². The number of hydrogen-bond donors (Lipinski definition) is 1. The molecule has 6 heteroatoms. The molecule has 0 unspecified atom stereocenters. The van der Waals surface area contributed by atoms with Gasteiger partial charge in [-0.3, -0.25) is 9.78 Å². The zero-order valence-electron chi connectivity index (χ0n) is 11.3. The summed E-state index contributed by atoms with van der Waals surface area (Å²) in [4.78, 5) is 17.0. The average molecular weight is 311 g/mol. The number of methoxy groups -OCH3 is 1. The van der Waals surface area contributed by atoms with Crippen molar-refractivity contribution in [1.82, 2.24) is 4.98 Å². The number of pyridine rings is 1. The molecular formula is C14H15ClN2O2S. The van der Waals surface area contributed by atoms with E-state index in [4.69, 9.17) is 21.7 Å². The van der Waals surface area contributed by atoms with E-state index in [2.05, 4.69) is 4.98 Å². The van der Waals surface area contributed by atoms with Crippen LogP contribution in [0.25, 0.3) is 10.2 Å². The molecule has 1 atom stereocenters. The molecule has 0 amide bonds. The molecule has 20 heavy (non-hydrogen) atoms. The molecule has 0 saturated carbocycles. The number of nitrogens with zero attached hydrogens (tertiary/aromatic N) is 1.